The minimum atomic E-state index is -0.473. The monoisotopic (exact) mass is 317 g/mol. The molecular weight excluding hydrogens is 298 g/mol. The van der Waals surface area contributed by atoms with Crippen LogP contribution in [0.5, 0.6) is 0 Å². The summed E-state index contributed by atoms with van der Waals surface area (Å²) in [5.74, 6) is -0.315. The predicted octanol–water partition coefficient (Wildman–Crippen LogP) is 2.94. The fourth-order valence-electron chi connectivity index (χ4n) is 3.62. The lowest BCUT2D eigenvalue weighted by Crippen LogP contribution is -2.62. The van der Waals surface area contributed by atoms with Crippen LogP contribution in [0, 0.1) is 16.0 Å². The molecule has 1 aromatic rings. The van der Waals surface area contributed by atoms with E-state index in [1.807, 2.05) is 0 Å². The van der Waals surface area contributed by atoms with Crippen LogP contribution in [0.1, 0.15) is 32.6 Å². The molecule has 3 amide bonds. The minimum absolute atomic E-state index is 0.0531. The zero-order valence-corrected chi connectivity index (χ0v) is 13.0. The van der Waals surface area contributed by atoms with Gasteiger partial charge >= 0.3 is 6.03 Å². The predicted molar refractivity (Wildman–Crippen MR) is 84.1 cm³/mol. The lowest BCUT2D eigenvalue weighted by atomic mass is 9.81. The van der Waals surface area contributed by atoms with Crippen molar-refractivity contribution in [1.82, 2.24) is 4.90 Å². The summed E-state index contributed by atoms with van der Waals surface area (Å²) in [6.45, 7) is 2.08. The van der Waals surface area contributed by atoms with E-state index in [0.29, 0.717) is 12.2 Å². The Bertz CT molecular complexity index is 660. The maximum Gasteiger partial charge on any atom is 0.331 e. The quantitative estimate of drug-likeness (QED) is 0.634. The van der Waals surface area contributed by atoms with Gasteiger partial charge in [-0.2, -0.15) is 0 Å². The van der Waals surface area contributed by atoms with Crippen molar-refractivity contribution in [1.29, 1.82) is 0 Å². The van der Waals surface area contributed by atoms with Crippen LogP contribution in [0.25, 0.3) is 0 Å². The number of benzene rings is 1. The van der Waals surface area contributed by atoms with Crippen LogP contribution in [0.2, 0.25) is 0 Å². The van der Waals surface area contributed by atoms with Gasteiger partial charge in [0.05, 0.1) is 22.6 Å². The highest BCUT2D eigenvalue weighted by atomic mass is 16.6. The maximum atomic E-state index is 12.8. The van der Waals surface area contributed by atoms with Crippen LogP contribution in [0.15, 0.2) is 24.3 Å². The number of amides is 3. The second-order valence-electron chi connectivity index (χ2n) is 5.97. The largest absolute Gasteiger partial charge is 0.331 e. The van der Waals surface area contributed by atoms with Gasteiger partial charge in [-0.1, -0.05) is 18.9 Å². The van der Waals surface area contributed by atoms with Gasteiger partial charge in [0.25, 0.3) is 5.69 Å². The number of nitro groups is 1. The maximum absolute atomic E-state index is 12.8. The topological polar surface area (TPSA) is 83.8 Å². The average Bonchev–Trinajstić information content (AvgIpc) is 2.56. The number of nitro benzene ring substituents is 1. The molecule has 1 heterocycles. The molecule has 122 valence electrons. The molecule has 1 saturated carbocycles. The zero-order chi connectivity index (χ0) is 16.6. The number of hydrogen-bond acceptors (Lipinski definition) is 4. The molecule has 2 unspecified atom stereocenters. The number of anilines is 1. The Hall–Kier alpha value is -2.44. The van der Waals surface area contributed by atoms with Crippen LogP contribution in [0.3, 0.4) is 0 Å². The Kier molecular flexibility index (Phi) is 4.02. The molecule has 7 heteroatoms. The molecule has 1 aliphatic heterocycles. The van der Waals surface area contributed by atoms with E-state index in [4.69, 9.17) is 0 Å². The summed E-state index contributed by atoms with van der Waals surface area (Å²) < 4.78 is 0. The van der Waals surface area contributed by atoms with Crippen molar-refractivity contribution < 1.29 is 14.5 Å². The summed E-state index contributed by atoms with van der Waals surface area (Å²) in [5.41, 5.74) is 0.439. The van der Waals surface area contributed by atoms with Crippen molar-refractivity contribution in [2.45, 2.75) is 38.6 Å². The van der Waals surface area contributed by atoms with Crippen LogP contribution < -0.4 is 4.90 Å². The molecule has 0 radical (unpaired) electrons. The fraction of sp³-hybridized carbons (Fsp3) is 0.500. The summed E-state index contributed by atoms with van der Waals surface area (Å²) in [4.78, 5) is 38.7. The highest BCUT2D eigenvalue weighted by Gasteiger charge is 2.47. The van der Waals surface area contributed by atoms with Crippen molar-refractivity contribution in [2.24, 2.45) is 5.92 Å². The fourth-order valence-corrected chi connectivity index (χ4v) is 3.62. The highest BCUT2D eigenvalue weighted by molar-refractivity contribution is 6.07. The number of urea groups is 1. The molecule has 1 aliphatic carbocycles. The van der Waals surface area contributed by atoms with Gasteiger partial charge in [-0.3, -0.25) is 24.7 Å². The Morgan fingerprint density at radius 1 is 1.26 bits per heavy atom. The lowest BCUT2D eigenvalue weighted by Gasteiger charge is -2.46. The van der Waals surface area contributed by atoms with Crippen molar-refractivity contribution >= 4 is 23.3 Å². The molecule has 7 nitrogen and oxygen atoms in total. The number of imide groups is 1. The Labute approximate surface area is 134 Å². The molecule has 2 fully saturated rings. The first kappa shape index (κ1) is 15.5. The molecule has 0 N–H and O–H groups in total. The lowest BCUT2D eigenvalue weighted by molar-refractivity contribution is -0.384. The van der Waals surface area contributed by atoms with E-state index in [1.54, 1.807) is 24.0 Å². The van der Waals surface area contributed by atoms with Gasteiger partial charge in [-0.05, 0) is 25.8 Å². The second kappa shape index (κ2) is 5.98. The van der Waals surface area contributed by atoms with Crippen LogP contribution >= 0.6 is 0 Å². The van der Waals surface area contributed by atoms with E-state index >= 15 is 0 Å². The molecule has 1 saturated heterocycles. The van der Waals surface area contributed by atoms with E-state index in [-0.39, 0.29) is 29.6 Å². The molecule has 3 rings (SSSR count). The normalized spacial score (nSPS) is 24.6. The van der Waals surface area contributed by atoms with E-state index in [0.717, 1.165) is 25.7 Å². The second-order valence-corrected chi connectivity index (χ2v) is 5.97. The standard InChI is InChI=1S/C16H19N3O4/c1-2-17-15(20)13-8-3-4-9-14(13)18(16(17)21)11-6-5-7-12(10-11)19(22)23/h5-7,10,13-14H,2-4,8-9H2,1H3. The van der Waals surface area contributed by atoms with Crippen molar-refractivity contribution in [3.05, 3.63) is 34.4 Å². The summed E-state index contributed by atoms with van der Waals surface area (Å²) in [6.07, 6.45) is 3.45. The Morgan fingerprint density at radius 3 is 2.70 bits per heavy atom. The van der Waals surface area contributed by atoms with E-state index in [1.165, 1.54) is 17.0 Å². The molecular formula is C16H19N3O4. The third-order valence-electron chi connectivity index (χ3n) is 4.72. The highest BCUT2D eigenvalue weighted by Crippen LogP contribution is 2.37. The van der Waals surface area contributed by atoms with E-state index in [2.05, 4.69) is 0 Å². The third kappa shape index (κ3) is 2.56. The first-order valence-electron chi connectivity index (χ1n) is 7.93. The molecule has 1 aromatic carbocycles. The smallest absolute Gasteiger partial charge is 0.290 e. The number of non-ortho nitro benzene ring substituents is 1. The summed E-state index contributed by atoms with van der Waals surface area (Å²) >= 11 is 0. The van der Waals surface area contributed by atoms with Gasteiger partial charge < -0.3 is 0 Å². The number of carbonyl (C=O) groups excluding carboxylic acids is 2. The van der Waals surface area contributed by atoms with E-state index < -0.39 is 4.92 Å². The number of fused-ring (bicyclic) bond motifs is 1. The van der Waals surface area contributed by atoms with Gasteiger partial charge in [0.15, 0.2) is 0 Å². The summed E-state index contributed by atoms with van der Waals surface area (Å²) in [5, 5.41) is 11.0. The summed E-state index contributed by atoms with van der Waals surface area (Å²) in [6, 6.07) is 5.51. The van der Waals surface area contributed by atoms with Gasteiger partial charge in [0, 0.05) is 18.7 Å². The molecule has 2 atom stereocenters. The Morgan fingerprint density at radius 2 is 2.00 bits per heavy atom. The Balaban J connectivity index is 2.04. The van der Waals surface area contributed by atoms with Gasteiger partial charge in [-0.25, -0.2) is 4.79 Å². The van der Waals surface area contributed by atoms with E-state index in [9.17, 15) is 19.7 Å². The number of hydrogen-bond donors (Lipinski definition) is 0. The minimum Gasteiger partial charge on any atom is -0.290 e. The van der Waals surface area contributed by atoms with Gasteiger partial charge in [-0.15, -0.1) is 0 Å². The number of nitrogens with zero attached hydrogens (tertiary/aromatic N) is 3. The third-order valence-corrected chi connectivity index (χ3v) is 4.72. The molecule has 0 bridgehead atoms. The molecule has 0 spiro atoms. The zero-order valence-electron chi connectivity index (χ0n) is 13.0. The molecule has 2 aliphatic rings. The molecule has 0 aromatic heterocycles. The van der Waals surface area contributed by atoms with Crippen LogP contribution in [-0.4, -0.2) is 34.3 Å². The van der Waals surface area contributed by atoms with Crippen molar-refractivity contribution in [2.75, 3.05) is 11.4 Å². The van der Waals surface area contributed by atoms with Crippen molar-refractivity contribution in [3.8, 4) is 0 Å². The molecule has 23 heavy (non-hydrogen) atoms. The van der Waals surface area contributed by atoms with Crippen LogP contribution in [-0.2, 0) is 4.79 Å². The SMILES string of the molecule is CCN1C(=O)C2CCCCC2N(c2cccc([N+](=O)[O-])c2)C1=O. The summed E-state index contributed by atoms with van der Waals surface area (Å²) in [7, 11) is 0. The average molecular weight is 317 g/mol. The van der Waals surface area contributed by atoms with Crippen LogP contribution in [0.4, 0.5) is 16.2 Å². The first-order valence-corrected chi connectivity index (χ1v) is 7.93. The van der Waals surface area contributed by atoms with Crippen molar-refractivity contribution in [3.63, 3.8) is 0 Å². The number of carbonyl (C=O) groups is 2. The number of rotatable bonds is 3. The first-order chi connectivity index (χ1) is 11.0. The van der Waals surface area contributed by atoms with Gasteiger partial charge in [0.1, 0.15) is 0 Å². The van der Waals surface area contributed by atoms with Gasteiger partial charge in [0.2, 0.25) is 5.91 Å².